The Labute approximate surface area is 117 Å². The zero-order valence-electron chi connectivity index (χ0n) is 10.9. The Bertz CT molecular complexity index is 389. The lowest BCUT2D eigenvalue weighted by Crippen LogP contribution is -2.35. The van der Waals surface area contributed by atoms with Crippen molar-refractivity contribution >= 4 is 15.9 Å². The summed E-state index contributed by atoms with van der Waals surface area (Å²) in [6, 6.07) is 6.82. The normalized spacial score (nSPS) is 19.5. The molecule has 18 heavy (non-hydrogen) atoms. The molecule has 0 aliphatic carbocycles. The van der Waals surface area contributed by atoms with E-state index in [1.54, 1.807) is 0 Å². The lowest BCUT2D eigenvalue weighted by Gasteiger charge is -2.29. The summed E-state index contributed by atoms with van der Waals surface area (Å²) >= 11 is 3.60. The van der Waals surface area contributed by atoms with Crippen LogP contribution in [0.3, 0.4) is 0 Å². The van der Waals surface area contributed by atoms with E-state index < -0.39 is 0 Å². The fourth-order valence-corrected chi connectivity index (χ4v) is 2.79. The third kappa shape index (κ3) is 3.32. The molecule has 1 heterocycles. The lowest BCUT2D eigenvalue weighted by atomic mass is 10.0. The monoisotopic (exact) mass is 312 g/mol. The van der Waals surface area contributed by atoms with Crippen molar-refractivity contribution in [2.45, 2.75) is 19.4 Å². The predicted octanol–water partition coefficient (Wildman–Crippen LogP) is 2.48. The van der Waals surface area contributed by atoms with E-state index in [9.17, 15) is 0 Å². The first-order chi connectivity index (χ1) is 8.72. The smallest absolute Gasteiger partial charge is 0.0593 e. The molecular formula is C14H21BrN2O. The Morgan fingerprint density at radius 3 is 2.94 bits per heavy atom. The minimum Gasteiger partial charge on any atom is -0.380 e. The van der Waals surface area contributed by atoms with Gasteiger partial charge in [0, 0.05) is 36.8 Å². The van der Waals surface area contributed by atoms with Crippen LogP contribution < -0.4 is 5.73 Å². The van der Waals surface area contributed by atoms with E-state index in [1.165, 1.54) is 11.1 Å². The van der Waals surface area contributed by atoms with Crippen molar-refractivity contribution in [3.63, 3.8) is 0 Å². The average Bonchev–Trinajstić information content (AvgIpc) is 2.64. The molecule has 3 nitrogen and oxygen atoms in total. The number of hydrogen-bond donors (Lipinski definition) is 1. The van der Waals surface area contributed by atoms with Crippen LogP contribution in [-0.4, -0.2) is 37.7 Å². The number of ether oxygens (including phenoxy) is 1. The summed E-state index contributed by atoms with van der Waals surface area (Å²) in [5.41, 5.74) is 8.52. The molecule has 1 atom stereocenters. The topological polar surface area (TPSA) is 38.5 Å². The zero-order chi connectivity index (χ0) is 13.0. The SMILES string of the molecule is Cc1ccc(C(CN)N2CCCOCC2)cc1Br. The van der Waals surface area contributed by atoms with Crippen LogP contribution in [-0.2, 0) is 4.74 Å². The molecule has 0 aromatic heterocycles. The molecule has 4 heteroatoms. The van der Waals surface area contributed by atoms with Crippen LogP contribution in [0.1, 0.15) is 23.6 Å². The molecule has 0 bridgehead atoms. The molecule has 1 aromatic carbocycles. The van der Waals surface area contributed by atoms with Gasteiger partial charge < -0.3 is 10.5 Å². The van der Waals surface area contributed by atoms with Gasteiger partial charge in [0.2, 0.25) is 0 Å². The van der Waals surface area contributed by atoms with Gasteiger partial charge in [0.25, 0.3) is 0 Å². The maximum atomic E-state index is 5.98. The second-order valence-corrected chi connectivity index (χ2v) is 5.62. The van der Waals surface area contributed by atoms with Gasteiger partial charge in [-0.25, -0.2) is 0 Å². The Morgan fingerprint density at radius 2 is 2.22 bits per heavy atom. The molecule has 0 radical (unpaired) electrons. The summed E-state index contributed by atoms with van der Waals surface area (Å²) in [6.07, 6.45) is 1.09. The number of benzene rings is 1. The molecule has 1 unspecified atom stereocenters. The van der Waals surface area contributed by atoms with Gasteiger partial charge >= 0.3 is 0 Å². The summed E-state index contributed by atoms with van der Waals surface area (Å²) in [7, 11) is 0. The van der Waals surface area contributed by atoms with E-state index in [-0.39, 0.29) is 0 Å². The number of rotatable bonds is 3. The Morgan fingerprint density at radius 1 is 1.39 bits per heavy atom. The Balaban J connectivity index is 2.17. The lowest BCUT2D eigenvalue weighted by molar-refractivity contribution is 0.132. The van der Waals surface area contributed by atoms with E-state index in [0.29, 0.717) is 12.6 Å². The van der Waals surface area contributed by atoms with Crippen molar-refractivity contribution in [3.05, 3.63) is 33.8 Å². The third-order valence-corrected chi connectivity index (χ3v) is 4.36. The van der Waals surface area contributed by atoms with Gasteiger partial charge in [-0.05, 0) is 30.5 Å². The Hall–Kier alpha value is -0.420. The maximum Gasteiger partial charge on any atom is 0.0593 e. The van der Waals surface area contributed by atoms with Crippen molar-refractivity contribution < 1.29 is 4.74 Å². The molecule has 1 aromatic rings. The van der Waals surface area contributed by atoms with Gasteiger partial charge in [-0.3, -0.25) is 4.90 Å². The third-order valence-electron chi connectivity index (χ3n) is 3.50. The first-order valence-electron chi connectivity index (χ1n) is 6.50. The Kier molecular flexibility index (Phi) is 5.18. The largest absolute Gasteiger partial charge is 0.380 e. The highest BCUT2D eigenvalue weighted by Gasteiger charge is 2.20. The van der Waals surface area contributed by atoms with Crippen LogP contribution in [0.5, 0.6) is 0 Å². The zero-order valence-corrected chi connectivity index (χ0v) is 12.4. The summed E-state index contributed by atoms with van der Waals surface area (Å²) < 4.78 is 6.66. The number of hydrogen-bond acceptors (Lipinski definition) is 3. The molecule has 1 aliphatic heterocycles. The van der Waals surface area contributed by atoms with Crippen LogP contribution in [0.15, 0.2) is 22.7 Å². The molecule has 2 rings (SSSR count). The first-order valence-corrected chi connectivity index (χ1v) is 7.29. The van der Waals surface area contributed by atoms with Gasteiger partial charge in [0.15, 0.2) is 0 Å². The molecule has 1 fully saturated rings. The second-order valence-electron chi connectivity index (χ2n) is 4.76. The first kappa shape index (κ1) is 14.0. The highest BCUT2D eigenvalue weighted by Crippen LogP contribution is 2.25. The maximum absolute atomic E-state index is 5.98. The van der Waals surface area contributed by atoms with Crippen molar-refractivity contribution in [3.8, 4) is 0 Å². The van der Waals surface area contributed by atoms with Crippen molar-refractivity contribution in [1.29, 1.82) is 0 Å². The number of halogens is 1. The van der Waals surface area contributed by atoms with Crippen LogP contribution in [0, 0.1) is 6.92 Å². The highest BCUT2D eigenvalue weighted by molar-refractivity contribution is 9.10. The van der Waals surface area contributed by atoms with Gasteiger partial charge in [0.05, 0.1) is 6.61 Å². The highest BCUT2D eigenvalue weighted by atomic mass is 79.9. The minimum absolute atomic E-state index is 0.295. The van der Waals surface area contributed by atoms with E-state index in [1.807, 2.05) is 0 Å². The molecular weight excluding hydrogens is 292 g/mol. The average molecular weight is 313 g/mol. The van der Waals surface area contributed by atoms with E-state index in [0.717, 1.165) is 37.2 Å². The van der Waals surface area contributed by atoms with Crippen LogP contribution in [0.25, 0.3) is 0 Å². The summed E-state index contributed by atoms with van der Waals surface area (Å²) in [5.74, 6) is 0. The fourth-order valence-electron chi connectivity index (χ4n) is 2.39. The summed E-state index contributed by atoms with van der Waals surface area (Å²) in [4.78, 5) is 2.43. The number of aryl methyl sites for hydroxylation is 1. The van der Waals surface area contributed by atoms with Gasteiger partial charge in [0.1, 0.15) is 0 Å². The van der Waals surface area contributed by atoms with Crippen LogP contribution in [0.4, 0.5) is 0 Å². The van der Waals surface area contributed by atoms with Crippen LogP contribution in [0.2, 0.25) is 0 Å². The van der Waals surface area contributed by atoms with Crippen LogP contribution >= 0.6 is 15.9 Å². The van der Waals surface area contributed by atoms with Gasteiger partial charge in [-0.1, -0.05) is 28.1 Å². The molecule has 100 valence electrons. The molecule has 1 saturated heterocycles. The standard InChI is InChI=1S/C14H21BrN2O/c1-11-3-4-12(9-13(11)15)14(10-16)17-5-2-7-18-8-6-17/h3-4,9,14H,2,5-8,10,16H2,1H3. The van der Waals surface area contributed by atoms with Gasteiger partial charge in [-0.15, -0.1) is 0 Å². The van der Waals surface area contributed by atoms with E-state index >= 15 is 0 Å². The molecule has 2 N–H and O–H groups in total. The minimum atomic E-state index is 0.295. The number of nitrogens with two attached hydrogens (primary N) is 1. The molecule has 0 spiro atoms. The molecule has 0 saturated carbocycles. The quantitative estimate of drug-likeness (QED) is 0.932. The summed E-state index contributed by atoms with van der Waals surface area (Å²) in [6.45, 7) is 6.45. The summed E-state index contributed by atoms with van der Waals surface area (Å²) in [5, 5.41) is 0. The predicted molar refractivity (Wildman–Crippen MR) is 77.7 cm³/mol. The van der Waals surface area contributed by atoms with Crippen molar-refractivity contribution in [1.82, 2.24) is 4.90 Å². The molecule has 0 amide bonds. The van der Waals surface area contributed by atoms with E-state index in [4.69, 9.17) is 10.5 Å². The van der Waals surface area contributed by atoms with Gasteiger partial charge in [-0.2, -0.15) is 0 Å². The second kappa shape index (κ2) is 6.66. The van der Waals surface area contributed by atoms with Crippen molar-refractivity contribution in [2.75, 3.05) is 32.8 Å². The fraction of sp³-hybridized carbons (Fsp3) is 0.571. The number of nitrogens with zero attached hydrogens (tertiary/aromatic N) is 1. The molecule has 1 aliphatic rings. The van der Waals surface area contributed by atoms with Crippen molar-refractivity contribution in [2.24, 2.45) is 5.73 Å². The van der Waals surface area contributed by atoms with E-state index in [2.05, 4.69) is 46.0 Å².